The lowest BCUT2D eigenvalue weighted by atomic mass is 9.91. The van der Waals surface area contributed by atoms with Gasteiger partial charge in [0.15, 0.2) is 0 Å². The Kier molecular flexibility index (Phi) is 5.26. The number of aromatic amines is 1. The van der Waals surface area contributed by atoms with Gasteiger partial charge >= 0.3 is 0 Å². The van der Waals surface area contributed by atoms with Crippen LogP contribution in [0.4, 0.5) is 10.1 Å². The highest BCUT2D eigenvalue weighted by Crippen LogP contribution is 2.33. The van der Waals surface area contributed by atoms with Crippen LogP contribution in [0.2, 0.25) is 0 Å². The summed E-state index contributed by atoms with van der Waals surface area (Å²) in [6.45, 7) is 3.60. The van der Waals surface area contributed by atoms with E-state index in [0.29, 0.717) is 44.1 Å². The first-order valence-corrected chi connectivity index (χ1v) is 9.53. The van der Waals surface area contributed by atoms with Gasteiger partial charge < -0.3 is 14.5 Å². The maximum atomic E-state index is 14.0. The largest absolute Gasteiger partial charge is 0.378 e. The minimum absolute atomic E-state index is 0.0346. The molecule has 0 bridgehead atoms. The van der Waals surface area contributed by atoms with E-state index in [9.17, 15) is 14.4 Å². The van der Waals surface area contributed by atoms with E-state index in [4.69, 9.17) is 4.74 Å². The zero-order valence-electron chi connectivity index (χ0n) is 15.5. The first kappa shape index (κ1) is 18.4. The lowest BCUT2D eigenvalue weighted by Gasteiger charge is -2.35. The second kappa shape index (κ2) is 7.98. The minimum atomic E-state index is -0.508. The van der Waals surface area contributed by atoms with Crippen LogP contribution in [0.5, 0.6) is 0 Å². The predicted octanol–water partition coefficient (Wildman–Crippen LogP) is 2.28. The van der Waals surface area contributed by atoms with Crippen molar-refractivity contribution in [3.05, 3.63) is 47.0 Å². The van der Waals surface area contributed by atoms with Crippen molar-refractivity contribution < 1.29 is 13.9 Å². The number of nitrogens with one attached hydrogen (secondary N) is 1. The van der Waals surface area contributed by atoms with Crippen LogP contribution in [0.3, 0.4) is 0 Å². The van der Waals surface area contributed by atoms with E-state index in [0.717, 1.165) is 25.1 Å². The number of rotatable bonds is 3. The third kappa shape index (κ3) is 3.45. The maximum Gasteiger partial charge on any atom is 0.257 e. The fraction of sp³-hybridized carbons (Fsp3) is 0.450. The molecule has 1 aromatic carbocycles. The summed E-state index contributed by atoms with van der Waals surface area (Å²) in [6.07, 6.45) is 3.38. The summed E-state index contributed by atoms with van der Waals surface area (Å²) in [5.41, 5.74) is 2.08. The maximum absolute atomic E-state index is 14.0. The van der Waals surface area contributed by atoms with Gasteiger partial charge in [0, 0.05) is 32.1 Å². The highest BCUT2D eigenvalue weighted by atomic mass is 19.1. The van der Waals surface area contributed by atoms with Crippen LogP contribution in [-0.4, -0.2) is 60.4 Å². The Hall–Kier alpha value is -2.92. The number of hydrogen-bond acceptors (Lipinski definition) is 5. The van der Waals surface area contributed by atoms with E-state index >= 15 is 0 Å². The Bertz CT molecular complexity index is 900. The minimum Gasteiger partial charge on any atom is -0.378 e. The van der Waals surface area contributed by atoms with E-state index in [2.05, 4.69) is 10.2 Å². The topological polar surface area (TPSA) is 85.2 Å². The number of nitriles is 1. The first-order chi connectivity index (χ1) is 13.7. The number of piperidine rings is 1. The van der Waals surface area contributed by atoms with Gasteiger partial charge in [-0.2, -0.15) is 10.4 Å². The molecule has 2 fully saturated rings. The standard InChI is InChI=1S/C20H22FN5O2/c21-17-4-1-5-18(15(17)11-22)26-6-2-3-14(13-26)19-16(12-23-24-19)20(27)25-7-9-28-10-8-25/h1,4-5,12,14H,2-3,6-10,13H2,(H,23,24)/t14-/m1/s1. The summed E-state index contributed by atoms with van der Waals surface area (Å²) in [5.74, 6) is -0.481. The number of H-pyrrole nitrogens is 1. The van der Waals surface area contributed by atoms with Gasteiger partial charge in [0.05, 0.1) is 36.4 Å². The quantitative estimate of drug-likeness (QED) is 0.879. The Labute approximate surface area is 162 Å². The summed E-state index contributed by atoms with van der Waals surface area (Å²) in [5, 5.41) is 16.5. The molecule has 0 aliphatic carbocycles. The number of carbonyl (C=O) groups is 1. The molecular weight excluding hydrogens is 361 g/mol. The molecule has 4 rings (SSSR count). The normalized spacial score (nSPS) is 20.1. The molecule has 146 valence electrons. The third-order valence-electron chi connectivity index (χ3n) is 5.47. The van der Waals surface area contributed by atoms with Crippen LogP contribution in [0.1, 0.15) is 40.4 Å². The van der Waals surface area contributed by atoms with E-state index < -0.39 is 5.82 Å². The van der Waals surface area contributed by atoms with E-state index in [-0.39, 0.29) is 17.4 Å². The van der Waals surface area contributed by atoms with Gasteiger partial charge in [-0.1, -0.05) is 6.07 Å². The fourth-order valence-corrected chi connectivity index (χ4v) is 4.03. The number of halogens is 1. The zero-order valence-corrected chi connectivity index (χ0v) is 15.5. The lowest BCUT2D eigenvalue weighted by Crippen LogP contribution is -2.41. The molecule has 2 saturated heterocycles. The van der Waals surface area contributed by atoms with E-state index in [1.165, 1.54) is 6.07 Å². The van der Waals surface area contributed by atoms with Gasteiger partial charge in [0.2, 0.25) is 0 Å². The smallest absolute Gasteiger partial charge is 0.257 e. The van der Waals surface area contributed by atoms with Crippen LogP contribution >= 0.6 is 0 Å². The van der Waals surface area contributed by atoms with Gasteiger partial charge in [0.1, 0.15) is 17.4 Å². The number of hydrogen-bond donors (Lipinski definition) is 1. The highest BCUT2D eigenvalue weighted by molar-refractivity contribution is 5.95. The number of carbonyl (C=O) groups excluding carboxylic acids is 1. The molecule has 0 unspecified atom stereocenters. The molecule has 1 atom stereocenters. The number of benzene rings is 1. The summed E-state index contributed by atoms with van der Waals surface area (Å²) >= 11 is 0. The van der Waals surface area contributed by atoms with Gasteiger partial charge in [-0.25, -0.2) is 4.39 Å². The molecule has 0 saturated carbocycles. The van der Waals surface area contributed by atoms with Gasteiger partial charge in [-0.05, 0) is 25.0 Å². The van der Waals surface area contributed by atoms with Gasteiger partial charge in [-0.3, -0.25) is 9.89 Å². The van der Waals surface area contributed by atoms with E-state index in [1.807, 2.05) is 11.0 Å². The van der Waals surface area contributed by atoms with E-state index in [1.54, 1.807) is 23.2 Å². The van der Waals surface area contributed by atoms with Gasteiger partial charge in [0.25, 0.3) is 5.91 Å². The molecule has 1 amide bonds. The molecule has 3 heterocycles. The van der Waals surface area contributed by atoms with Crippen molar-refractivity contribution in [2.45, 2.75) is 18.8 Å². The van der Waals surface area contributed by atoms with Crippen molar-refractivity contribution in [2.75, 3.05) is 44.3 Å². The Morgan fingerprint density at radius 2 is 2.14 bits per heavy atom. The SMILES string of the molecule is N#Cc1c(F)cccc1N1CCC[C@@H](c2[nH]ncc2C(=O)N2CCOCC2)C1. The number of amides is 1. The van der Waals surface area contributed by atoms with Crippen molar-refractivity contribution in [1.29, 1.82) is 5.26 Å². The second-order valence-electron chi connectivity index (χ2n) is 7.13. The van der Waals surface area contributed by atoms with Crippen molar-refractivity contribution >= 4 is 11.6 Å². The summed E-state index contributed by atoms with van der Waals surface area (Å²) in [6, 6.07) is 6.68. The molecule has 1 aromatic heterocycles. The monoisotopic (exact) mass is 383 g/mol. The molecule has 8 heteroatoms. The average Bonchev–Trinajstić information content (AvgIpc) is 3.23. The summed E-state index contributed by atoms with van der Waals surface area (Å²) in [7, 11) is 0. The molecule has 2 aliphatic rings. The molecule has 7 nitrogen and oxygen atoms in total. The van der Waals surface area contributed by atoms with Crippen LogP contribution in [0, 0.1) is 17.1 Å². The highest BCUT2D eigenvalue weighted by Gasteiger charge is 2.30. The zero-order chi connectivity index (χ0) is 19.5. The van der Waals surface area contributed by atoms with Crippen LogP contribution in [0.15, 0.2) is 24.4 Å². The lowest BCUT2D eigenvalue weighted by molar-refractivity contribution is 0.0302. The molecule has 2 aliphatic heterocycles. The van der Waals surface area contributed by atoms with Crippen LogP contribution in [0.25, 0.3) is 0 Å². The number of anilines is 1. The van der Waals surface area contributed by atoms with Crippen molar-refractivity contribution in [3.63, 3.8) is 0 Å². The molecule has 0 spiro atoms. The Balaban J connectivity index is 1.57. The summed E-state index contributed by atoms with van der Waals surface area (Å²) < 4.78 is 19.4. The van der Waals surface area contributed by atoms with Crippen LogP contribution in [-0.2, 0) is 4.74 Å². The van der Waals surface area contributed by atoms with Gasteiger partial charge in [-0.15, -0.1) is 0 Å². The average molecular weight is 383 g/mol. The molecule has 2 aromatic rings. The van der Waals surface area contributed by atoms with Crippen molar-refractivity contribution in [1.82, 2.24) is 15.1 Å². The fourth-order valence-electron chi connectivity index (χ4n) is 4.03. The Morgan fingerprint density at radius 1 is 1.32 bits per heavy atom. The number of nitrogens with zero attached hydrogens (tertiary/aromatic N) is 4. The third-order valence-corrected chi connectivity index (χ3v) is 5.47. The molecule has 28 heavy (non-hydrogen) atoms. The second-order valence-corrected chi connectivity index (χ2v) is 7.13. The summed E-state index contributed by atoms with van der Waals surface area (Å²) in [4.78, 5) is 16.7. The first-order valence-electron chi connectivity index (χ1n) is 9.53. The predicted molar refractivity (Wildman–Crippen MR) is 101 cm³/mol. The van der Waals surface area contributed by atoms with Crippen molar-refractivity contribution in [3.8, 4) is 6.07 Å². The number of ether oxygens (including phenoxy) is 1. The molecule has 1 N–H and O–H groups in total. The number of aromatic nitrogens is 2. The Morgan fingerprint density at radius 3 is 2.93 bits per heavy atom. The van der Waals surface area contributed by atoms with Crippen molar-refractivity contribution in [2.24, 2.45) is 0 Å². The molecular formula is C20H22FN5O2. The van der Waals surface area contributed by atoms with Crippen LogP contribution < -0.4 is 4.90 Å². The number of morpholine rings is 1. The molecule has 0 radical (unpaired) electrons.